The molecule has 0 aliphatic carbocycles. The lowest BCUT2D eigenvalue weighted by molar-refractivity contribution is -0.129. The summed E-state index contributed by atoms with van der Waals surface area (Å²) in [6, 6.07) is 16.7. The van der Waals surface area contributed by atoms with Gasteiger partial charge < -0.3 is 9.64 Å². The van der Waals surface area contributed by atoms with E-state index >= 15 is 0 Å². The Morgan fingerprint density at radius 1 is 0.822 bits per heavy atom. The van der Waals surface area contributed by atoms with E-state index in [0.717, 1.165) is 15.4 Å². The highest BCUT2D eigenvalue weighted by Crippen LogP contribution is 2.32. The number of likely N-dealkylation sites (N-methyl/N-ethyl adjacent to an activating group) is 1. The van der Waals surface area contributed by atoms with Crippen molar-refractivity contribution < 1.29 is 40.4 Å². The number of hydrogen-bond donors (Lipinski definition) is 2. The second-order valence-corrected chi connectivity index (χ2v) is 14.5. The molecule has 4 rings (SSSR count). The van der Waals surface area contributed by atoms with Crippen LogP contribution in [0.5, 0.6) is 11.5 Å². The minimum atomic E-state index is -4.81. The number of rotatable bonds is 12. The van der Waals surface area contributed by atoms with E-state index in [2.05, 4.69) is 0 Å². The number of hydrogen-bond acceptors (Lipinski definition) is 8. The molecule has 0 unspecified atom stereocenters. The largest absolute Gasteiger partial charge is 0.451 e. The molecular formula is C29H29ClF2N4O7S2. The fourth-order valence-corrected chi connectivity index (χ4v) is 6.97. The zero-order valence-corrected chi connectivity index (χ0v) is 26.6. The number of nitrogens with zero attached hydrogens (tertiary/aromatic N) is 3. The van der Waals surface area contributed by atoms with Gasteiger partial charge in [0, 0.05) is 44.9 Å². The predicted molar refractivity (Wildman–Crippen MR) is 165 cm³/mol. The molecule has 2 N–H and O–H groups in total. The third-order valence-corrected chi connectivity index (χ3v) is 10.7. The molecule has 0 saturated carbocycles. The van der Waals surface area contributed by atoms with Crippen LogP contribution in [0, 0.1) is 11.6 Å². The Morgan fingerprint density at radius 3 is 2.04 bits per heavy atom. The number of carbonyl (C=O) groups is 1. The molecule has 0 saturated heterocycles. The van der Waals surface area contributed by atoms with E-state index in [0.29, 0.717) is 26.8 Å². The summed E-state index contributed by atoms with van der Waals surface area (Å²) in [7, 11) is -4.05. The van der Waals surface area contributed by atoms with Crippen molar-refractivity contribution in [3.63, 3.8) is 0 Å². The summed E-state index contributed by atoms with van der Waals surface area (Å²) in [6.07, 6.45) is 0. The van der Waals surface area contributed by atoms with Gasteiger partial charge in [-0.25, -0.2) is 31.1 Å². The van der Waals surface area contributed by atoms with Crippen molar-refractivity contribution >= 4 is 54.0 Å². The van der Waals surface area contributed by atoms with E-state index in [4.69, 9.17) is 21.5 Å². The molecule has 4 aromatic rings. The maximum Gasteiger partial charge on any atom is 0.258 e. The van der Waals surface area contributed by atoms with Gasteiger partial charge in [0.2, 0.25) is 20.0 Å². The molecule has 0 spiro atoms. The van der Waals surface area contributed by atoms with E-state index in [1.54, 1.807) is 6.07 Å². The van der Waals surface area contributed by atoms with Gasteiger partial charge in [0.25, 0.3) is 5.91 Å². The number of fused-ring (bicyclic) bond motifs is 1. The molecule has 0 aliphatic heterocycles. The maximum atomic E-state index is 15.0. The van der Waals surface area contributed by atoms with E-state index < -0.39 is 67.9 Å². The summed E-state index contributed by atoms with van der Waals surface area (Å²) >= 11 is 5.80. The minimum absolute atomic E-state index is 0.0304. The van der Waals surface area contributed by atoms with Gasteiger partial charge >= 0.3 is 0 Å². The molecule has 0 radical (unpaired) electrons. The fraction of sp³-hybridized carbons (Fsp3) is 0.207. The van der Waals surface area contributed by atoms with Gasteiger partial charge in [-0.2, -0.15) is 8.61 Å². The van der Waals surface area contributed by atoms with Crippen LogP contribution < -0.4 is 15.1 Å². The van der Waals surface area contributed by atoms with Gasteiger partial charge in [0.1, 0.15) is 5.75 Å². The van der Waals surface area contributed by atoms with E-state index in [9.17, 15) is 30.4 Å². The molecule has 16 heteroatoms. The molecular weight excluding hydrogens is 654 g/mol. The van der Waals surface area contributed by atoms with Crippen molar-refractivity contribution in [2.24, 2.45) is 0 Å². The third-order valence-electron chi connectivity index (χ3n) is 6.77. The van der Waals surface area contributed by atoms with Crippen LogP contribution >= 0.6 is 11.6 Å². The van der Waals surface area contributed by atoms with Crippen LogP contribution in [0.25, 0.3) is 10.8 Å². The molecule has 45 heavy (non-hydrogen) atoms. The van der Waals surface area contributed by atoms with Gasteiger partial charge in [-0.1, -0.05) is 23.7 Å². The summed E-state index contributed by atoms with van der Waals surface area (Å²) in [6.45, 7) is -2.06. The molecule has 0 aliphatic rings. The van der Waals surface area contributed by atoms with Gasteiger partial charge in [0.15, 0.2) is 17.4 Å². The average molecular weight is 683 g/mol. The Bertz CT molecular complexity index is 1920. The van der Waals surface area contributed by atoms with E-state index in [-0.39, 0.29) is 10.6 Å². The SMILES string of the molecule is CN(C)c1ccc2ccc(S(=O)(=O)N(C)CCN(CC(=O)NO)S(=O)(=O)c3cc(F)c(Oc4ccc(Cl)cc4)c(F)c3)cc2c1. The molecule has 240 valence electrons. The zero-order chi connectivity index (χ0) is 33.1. The average Bonchev–Trinajstić information content (AvgIpc) is 3.00. The number of amides is 1. The first kappa shape index (κ1) is 34.0. The zero-order valence-electron chi connectivity index (χ0n) is 24.2. The number of halogens is 3. The summed E-state index contributed by atoms with van der Waals surface area (Å²) in [5.41, 5.74) is 2.15. The lowest BCUT2D eigenvalue weighted by Crippen LogP contribution is -2.44. The Hall–Kier alpha value is -3.86. The quantitative estimate of drug-likeness (QED) is 0.165. The van der Waals surface area contributed by atoms with Crippen LogP contribution in [0.1, 0.15) is 0 Å². The normalized spacial score (nSPS) is 12.1. The summed E-state index contributed by atoms with van der Waals surface area (Å²) in [5, 5.41) is 10.8. The van der Waals surface area contributed by atoms with Gasteiger partial charge in [-0.05, 0) is 71.4 Å². The lowest BCUT2D eigenvalue weighted by Gasteiger charge is -2.25. The molecule has 11 nitrogen and oxygen atoms in total. The van der Waals surface area contributed by atoms with Gasteiger partial charge in [-0.15, -0.1) is 0 Å². The van der Waals surface area contributed by atoms with Crippen LogP contribution in [0.3, 0.4) is 0 Å². The highest BCUT2D eigenvalue weighted by molar-refractivity contribution is 7.89. The van der Waals surface area contributed by atoms with Crippen LogP contribution in [0.15, 0.2) is 82.6 Å². The lowest BCUT2D eigenvalue weighted by atomic mass is 10.1. The summed E-state index contributed by atoms with van der Waals surface area (Å²) in [4.78, 5) is 12.9. The van der Waals surface area contributed by atoms with Crippen molar-refractivity contribution in [3.05, 3.63) is 89.5 Å². The Balaban J connectivity index is 1.59. The molecule has 4 aromatic carbocycles. The number of anilines is 1. The van der Waals surface area contributed by atoms with Crippen molar-refractivity contribution in [1.82, 2.24) is 14.1 Å². The van der Waals surface area contributed by atoms with Crippen LogP contribution in [-0.4, -0.2) is 77.3 Å². The van der Waals surface area contributed by atoms with E-state index in [1.165, 1.54) is 48.9 Å². The van der Waals surface area contributed by atoms with Crippen LogP contribution in [-0.2, 0) is 24.8 Å². The number of hydroxylamine groups is 1. The molecule has 0 fully saturated rings. The van der Waals surface area contributed by atoms with Crippen molar-refractivity contribution in [1.29, 1.82) is 0 Å². The Kier molecular flexibility index (Phi) is 10.3. The Labute approximate surface area is 264 Å². The smallest absolute Gasteiger partial charge is 0.258 e. The maximum absolute atomic E-state index is 15.0. The second-order valence-electron chi connectivity index (χ2n) is 10.1. The topological polar surface area (TPSA) is 137 Å². The van der Waals surface area contributed by atoms with Crippen LogP contribution in [0.2, 0.25) is 5.02 Å². The molecule has 0 aromatic heterocycles. The van der Waals surface area contributed by atoms with Crippen molar-refractivity contribution in [3.8, 4) is 11.5 Å². The highest BCUT2D eigenvalue weighted by Gasteiger charge is 2.31. The predicted octanol–water partition coefficient (Wildman–Crippen LogP) is 4.45. The van der Waals surface area contributed by atoms with Gasteiger partial charge in [-0.3, -0.25) is 10.0 Å². The molecule has 1 amide bonds. The monoisotopic (exact) mass is 682 g/mol. The molecule has 0 heterocycles. The first-order valence-corrected chi connectivity index (χ1v) is 16.4. The number of ether oxygens (including phenoxy) is 1. The highest BCUT2D eigenvalue weighted by atomic mass is 35.5. The minimum Gasteiger partial charge on any atom is -0.451 e. The fourth-order valence-electron chi connectivity index (χ4n) is 4.24. The summed E-state index contributed by atoms with van der Waals surface area (Å²) < 4.78 is 90.2. The van der Waals surface area contributed by atoms with Gasteiger partial charge in [0.05, 0.1) is 16.3 Å². The first-order chi connectivity index (χ1) is 21.1. The number of carbonyl (C=O) groups excluding carboxylic acids is 1. The summed E-state index contributed by atoms with van der Waals surface area (Å²) in [5.74, 6) is -4.73. The number of nitrogens with one attached hydrogen (secondary N) is 1. The van der Waals surface area contributed by atoms with Crippen LogP contribution in [0.4, 0.5) is 14.5 Å². The van der Waals surface area contributed by atoms with Crippen molar-refractivity contribution in [2.45, 2.75) is 9.79 Å². The molecule has 0 bridgehead atoms. The second kappa shape index (κ2) is 13.6. The Morgan fingerprint density at radius 2 is 1.44 bits per heavy atom. The third kappa shape index (κ3) is 7.69. The standard InChI is InChI=1S/C29H29ClF2N4O7S2/c1-34(2)22-8-4-19-5-11-24(15-20(19)14-22)44(39,40)35(3)12-13-36(18-28(37)33-38)45(41,42)25-16-26(31)29(27(32)17-25)43-23-9-6-21(30)7-10-23/h4-11,14-17,38H,12-13,18H2,1-3H3,(H,33,37). The van der Waals surface area contributed by atoms with Crippen molar-refractivity contribution in [2.75, 3.05) is 45.7 Å². The first-order valence-electron chi connectivity index (χ1n) is 13.2. The number of sulfonamides is 2. The number of benzene rings is 4. The van der Waals surface area contributed by atoms with E-state index in [1.807, 2.05) is 37.2 Å². The molecule has 0 atom stereocenters.